The van der Waals surface area contributed by atoms with Crippen molar-refractivity contribution in [2.45, 2.75) is 26.3 Å². The number of nitrogens with zero attached hydrogens (tertiary/aromatic N) is 2. The number of aliphatic carboxylic acids is 1. The lowest BCUT2D eigenvalue weighted by atomic mass is 10.0. The zero-order chi connectivity index (χ0) is 14.7. The quantitative estimate of drug-likeness (QED) is 0.889. The van der Waals surface area contributed by atoms with Crippen LogP contribution in [0.25, 0.3) is 0 Å². The second-order valence-corrected chi connectivity index (χ2v) is 5.67. The third-order valence-corrected chi connectivity index (χ3v) is 4.35. The maximum atomic E-state index is 12.6. The molecule has 1 saturated heterocycles. The van der Waals surface area contributed by atoms with Gasteiger partial charge in [-0.05, 0) is 13.3 Å². The number of ether oxygens (including phenoxy) is 1. The van der Waals surface area contributed by atoms with Crippen LogP contribution in [-0.4, -0.2) is 52.7 Å². The molecule has 2 atom stereocenters. The van der Waals surface area contributed by atoms with Crippen LogP contribution in [0.2, 0.25) is 0 Å². The van der Waals surface area contributed by atoms with Gasteiger partial charge in [0.1, 0.15) is 10.8 Å². The van der Waals surface area contributed by atoms with Crippen LogP contribution in [0, 0.1) is 12.8 Å². The Bertz CT molecular complexity index is 502. The summed E-state index contributed by atoms with van der Waals surface area (Å²) in [7, 11) is 0. The molecule has 1 aliphatic heterocycles. The molecule has 0 aliphatic carbocycles. The first-order valence-electron chi connectivity index (χ1n) is 6.57. The van der Waals surface area contributed by atoms with Crippen molar-refractivity contribution in [2.75, 3.05) is 19.8 Å². The first kappa shape index (κ1) is 14.9. The standard InChI is InChI=1S/C13H18N2O4S/c1-3-4-15(10-6-19-5-9(10)13(17)18)12(16)11-8(2)14-7-20-11/h7,9-10H,3-6H2,1-2H3,(H,17,18). The van der Waals surface area contributed by atoms with E-state index in [9.17, 15) is 14.7 Å². The van der Waals surface area contributed by atoms with Gasteiger partial charge < -0.3 is 14.7 Å². The molecule has 1 aromatic heterocycles. The van der Waals surface area contributed by atoms with E-state index in [-0.39, 0.29) is 19.1 Å². The molecule has 1 fully saturated rings. The molecule has 0 bridgehead atoms. The number of carboxylic acid groups (broad SMARTS) is 1. The highest BCUT2D eigenvalue weighted by molar-refractivity contribution is 7.11. The smallest absolute Gasteiger partial charge is 0.311 e. The number of amides is 1. The van der Waals surface area contributed by atoms with Crippen molar-refractivity contribution in [3.05, 3.63) is 16.1 Å². The summed E-state index contributed by atoms with van der Waals surface area (Å²) in [6.07, 6.45) is 0.770. The lowest BCUT2D eigenvalue weighted by Gasteiger charge is -2.30. The number of aryl methyl sites for hydroxylation is 1. The minimum atomic E-state index is -0.914. The Morgan fingerprint density at radius 2 is 2.30 bits per heavy atom. The van der Waals surface area contributed by atoms with E-state index in [1.54, 1.807) is 17.3 Å². The number of carboxylic acids is 1. The maximum absolute atomic E-state index is 12.6. The van der Waals surface area contributed by atoms with Gasteiger partial charge in [-0.15, -0.1) is 11.3 Å². The van der Waals surface area contributed by atoms with Crippen molar-refractivity contribution in [1.29, 1.82) is 0 Å². The highest BCUT2D eigenvalue weighted by Gasteiger charge is 2.40. The van der Waals surface area contributed by atoms with Crippen molar-refractivity contribution in [3.8, 4) is 0 Å². The van der Waals surface area contributed by atoms with Crippen molar-refractivity contribution in [2.24, 2.45) is 5.92 Å². The zero-order valence-electron chi connectivity index (χ0n) is 11.5. The molecule has 7 heteroatoms. The average Bonchev–Trinajstić information content (AvgIpc) is 3.03. The Morgan fingerprint density at radius 1 is 1.55 bits per heavy atom. The zero-order valence-corrected chi connectivity index (χ0v) is 12.4. The Balaban J connectivity index is 2.24. The molecule has 6 nitrogen and oxygen atoms in total. The molecule has 110 valence electrons. The lowest BCUT2D eigenvalue weighted by molar-refractivity contribution is -0.142. The van der Waals surface area contributed by atoms with E-state index in [1.165, 1.54) is 11.3 Å². The van der Waals surface area contributed by atoms with E-state index in [4.69, 9.17) is 4.74 Å². The van der Waals surface area contributed by atoms with Crippen LogP contribution in [0.4, 0.5) is 0 Å². The van der Waals surface area contributed by atoms with Gasteiger partial charge in [-0.25, -0.2) is 4.98 Å². The molecular weight excluding hydrogens is 280 g/mol. The van der Waals surface area contributed by atoms with Gasteiger partial charge in [0.25, 0.3) is 5.91 Å². The molecule has 0 aromatic carbocycles. The van der Waals surface area contributed by atoms with Crippen molar-refractivity contribution < 1.29 is 19.4 Å². The summed E-state index contributed by atoms with van der Waals surface area (Å²) in [6, 6.07) is -0.401. The van der Waals surface area contributed by atoms with Crippen LogP contribution in [0.1, 0.15) is 28.7 Å². The minimum Gasteiger partial charge on any atom is -0.481 e. The molecule has 1 aliphatic rings. The SMILES string of the molecule is CCCN(C(=O)c1scnc1C)C1COCC1C(=O)O. The number of thiazole rings is 1. The highest BCUT2D eigenvalue weighted by Crippen LogP contribution is 2.24. The van der Waals surface area contributed by atoms with Crippen molar-refractivity contribution in [1.82, 2.24) is 9.88 Å². The van der Waals surface area contributed by atoms with Crippen molar-refractivity contribution >= 4 is 23.2 Å². The number of hydrogen-bond acceptors (Lipinski definition) is 5. The lowest BCUT2D eigenvalue weighted by Crippen LogP contribution is -2.46. The summed E-state index contributed by atoms with van der Waals surface area (Å²) in [6.45, 7) is 4.71. The Labute approximate surface area is 121 Å². The van der Waals surface area contributed by atoms with Crippen LogP contribution in [0.3, 0.4) is 0 Å². The molecular formula is C13H18N2O4S. The van der Waals surface area contributed by atoms with E-state index in [2.05, 4.69) is 4.98 Å². The second kappa shape index (κ2) is 6.32. The Morgan fingerprint density at radius 3 is 2.85 bits per heavy atom. The molecule has 0 spiro atoms. The normalized spacial score (nSPS) is 21.9. The van der Waals surface area contributed by atoms with Crippen LogP contribution in [-0.2, 0) is 9.53 Å². The summed E-state index contributed by atoms with van der Waals surface area (Å²) in [5.41, 5.74) is 2.32. The summed E-state index contributed by atoms with van der Waals surface area (Å²) in [5, 5.41) is 9.24. The van der Waals surface area contributed by atoms with Crippen LogP contribution in [0.5, 0.6) is 0 Å². The number of carbonyl (C=O) groups excluding carboxylic acids is 1. The number of hydrogen-bond donors (Lipinski definition) is 1. The van der Waals surface area contributed by atoms with Gasteiger partial charge in [-0.1, -0.05) is 6.92 Å². The van der Waals surface area contributed by atoms with E-state index in [1.807, 2.05) is 6.92 Å². The molecule has 2 rings (SSSR count). The predicted molar refractivity (Wildman–Crippen MR) is 73.9 cm³/mol. The van der Waals surface area contributed by atoms with Gasteiger partial charge in [-0.3, -0.25) is 9.59 Å². The average molecular weight is 298 g/mol. The van der Waals surface area contributed by atoms with E-state index in [0.29, 0.717) is 17.1 Å². The molecule has 0 saturated carbocycles. The molecule has 0 radical (unpaired) electrons. The Hall–Kier alpha value is -1.47. The number of rotatable bonds is 5. The molecule has 2 unspecified atom stereocenters. The third-order valence-electron chi connectivity index (χ3n) is 3.43. The first-order valence-corrected chi connectivity index (χ1v) is 7.45. The summed E-state index contributed by atoms with van der Waals surface area (Å²) in [4.78, 5) is 30.2. The number of carbonyl (C=O) groups is 2. The second-order valence-electron chi connectivity index (χ2n) is 4.81. The van der Waals surface area contributed by atoms with E-state index in [0.717, 1.165) is 6.42 Å². The first-order chi connectivity index (χ1) is 9.56. The van der Waals surface area contributed by atoms with Gasteiger partial charge >= 0.3 is 5.97 Å². The monoisotopic (exact) mass is 298 g/mol. The van der Waals surface area contributed by atoms with Crippen LogP contribution in [0.15, 0.2) is 5.51 Å². The van der Waals surface area contributed by atoms with E-state index >= 15 is 0 Å². The fourth-order valence-electron chi connectivity index (χ4n) is 2.38. The van der Waals surface area contributed by atoms with Gasteiger partial charge in [0.15, 0.2) is 0 Å². The van der Waals surface area contributed by atoms with Gasteiger partial charge in [0, 0.05) is 6.54 Å². The minimum absolute atomic E-state index is 0.145. The van der Waals surface area contributed by atoms with E-state index < -0.39 is 17.9 Å². The fraction of sp³-hybridized carbons (Fsp3) is 0.615. The molecule has 1 aromatic rings. The largest absolute Gasteiger partial charge is 0.481 e. The van der Waals surface area contributed by atoms with Gasteiger partial charge in [0.05, 0.1) is 30.5 Å². The maximum Gasteiger partial charge on any atom is 0.311 e. The fourth-order valence-corrected chi connectivity index (χ4v) is 3.14. The summed E-state index contributed by atoms with van der Waals surface area (Å²) >= 11 is 1.29. The van der Waals surface area contributed by atoms with Crippen LogP contribution >= 0.6 is 11.3 Å². The molecule has 20 heavy (non-hydrogen) atoms. The van der Waals surface area contributed by atoms with Crippen LogP contribution < -0.4 is 0 Å². The van der Waals surface area contributed by atoms with Gasteiger partial charge in [0.2, 0.25) is 0 Å². The molecule has 2 heterocycles. The Kier molecular flexibility index (Phi) is 4.72. The molecule has 1 N–H and O–H groups in total. The number of aromatic nitrogens is 1. The topological polar surface area (TPSA) is 79.7 Å². The summed E-state index contributed by atoms with van der Waals surface area (Å²) < 4.78 is 5.27. The highest BCUT2D eigenvalue weighted by atomic mass is 32.1. The van der Waals surface area contributed by atoms with Gasteiger partial charge in [-0.2, -0.15) is 0 Å². The molecule has 1 amide bonds. The third kappa shape index (κ3) is 2.83. The summed E-state index contributed by atoms with van der Waals surface area (Å²) in [5.74, 6) is -1.71. The van der Waals surface area contributed by atoms with Crippen molar-refractivity contribution in [3.63, 3.8) is 0 Å². The predicted octanol–water partition coefficient (Wildman–Crippen LogP) is 1.40.